The van der Waals surface area contributed by atoms with Crippen molar-refractivity contribution in [2.75, 3.05) is 6.54 Å². The zero-order chi connectivity index (χ0) is 15.5. The van der Waals surface area contributed by atoms with Gasteiger partial charge in [0.25, 0.3) is 0 Å². The predicted octanol–water partition coefficient (Wildman–Crippen LogP) is 4.02. The minimum absolute atomic E-state index is 0.0918. The summed E-state index contributed by atoms with van der Waals surface area (Å²) in [5.41, 5.74) is -0.520. The predicted molar refractivity (Wildman–Crippen MR) is 72.0 cm³/mol. The molecule has 1 N–H and O–H groups in total. The molecule has 112 valence electrons. The van der Waals surface area contributed by atoms with Gasteiger partial charge in [0.05, 0.1) is 5.56 Å². The van der Waals surface area contributed by atoms with Crippen molar-refractivity contribution in [2.45, 2.75) is 19.6 Å². The Labute approximate surface area is 119 Å². The summed E-state index contributed by atoms with van der Waals surface area (Å²) in [6.45, 7) is 3.09. The number of nitrogens with one attached hydrogen (secondary N) is 1. The number of nitrogens with zero attached hydrogens (tertiary/aromatic N) is 1. The van der Waals surface area contributed by atoms with Gasteiger partial charge in [0.2, 0.25) is 0 Å². The molecular weight excluding hydrogens is 284 g/mol. The van der Waals surface area contributed by atoms with E-state index in [0.717, 1.165) is 18.5 Å². The van der Waals surface area contributed by atoms with E-state index in [2.05, 4.69) is 10.3 Å². The Morgan fingerprint density at radius 1 is 1.14 bits per heavy atom. The number of benzene rings is 1. The van der Waals surface area contributed by atoms with Gasteiger partial charge in [-0.3, -0.25) is 4.98 Å². The summed E-state index contributed by atoms with van der Waals surface area (Å²) in [6.07, 6.45) is -2.46. The molecule has 0 aliphatic heterocycles. The van der Waals surface area contributed by atoms with Crippen molar-refractivity contribution in [1.82, 2.24) is 10.3 Å². The summed E-state index contributed by atoms with van der Waals surface area (Å²) >= 11 is 0. The molecule has 0 amide bonds. The van der Waals surface area contributed by atoms with Crippen LogP contribution in [-0.4, -0.2) is 11.5 Å². The Morgan fingerprint density at radius 2 is 1.90 bits per heavy atom. The Kier molecular flexibility index (Phi) is 4.57. The molecule has 2 aromatic rings. The van der Waals surface area contributed by atoms with Crippen LogP contribution in [0.2, 0.25) is 0 Å². The van der Waals surface area contributed by atoms with Gasteiger partial charge in [-0.05, 0) is 30.3 Å². The molecule has 0 bridgehead atoms. The number of rotatable bonds is 4. The molecule has 1 aromatic carbocycles. The standard InChI is InChI=1S/C15H14F4N2/c1-2-20-8-10-3-4-14(16)11(7-10)12-9-21-6-5-13(12)15(17,18)19/h3-7,9,20H,2,8H2,1H3. The Morgan fingerprint density at radius 3 is 2.57 bits per heavy atom. The van der Waals surface area contributed by atoms with Crippen molar-refractivity contribution in [3.63, 3.8) is 0 Å². The van der Waals surface area contributed by atoms with E-state index in [9.17, 15) is 17.6 Å². The summed E-state index contributed by atoms with van der Waals surface area (Å²) in [6, 6.07) is 5.00. The highest BCUT2D eigenvalue weighted by atomic mass is 19.4. The first-order valence-corrected chi connectivity index (χ1v) is 6.44. The maximum atomic E-state index is 13.9. The van der Waals surface area contributed by atoms with Crippen molar-refractivity contribution in [2.24, 2.45) is 0 Å². The molecule has 21 heavy (non-hydrogen) atoms. The van der Waals surface area contributed by atoms with Crippen molar-refractivity contribution >= 4 is 0 Å². The lowest BCUT2D eigenvalue weighted by atomic mass is 9.99. The van der Waals surface area contributed by atoms with Crippen LogP contribution >= 0.6 is 0 Å². The molecule has 0 spiro atoms. The topological polar surface area (TPSA) is 24.9 Å². The zero-order valence-electron chi connectivity index (χ0n) is 11.3. The fourth-order valence-corrected chi connectivity index (χ4v) is 2.01. The molecule has 0 saturated carbocycles. The lowest BCUT2D eigenvalue weighted by Gasteiger charge is -2.14. The molecule has 2 nitrogen and oxygen atoms in total. The Hall–Kier alpha value is -1.95. The molecule has 0 saturated heterocycles. The second kappa shape index (κ2) is 6.22. The summed E-state index contributed by atoms with van der Waals surface area (Å²) in [4.78, 5) is 3.69. The first kappa shape index (κ1) is 15.4. The van der Waals surface area contributed by atoms with Crippen LogP contribution in [0, 0.1) is 5.82 Å². The molecule has 2 rings (SSSR count). The monoisotopic (exact) mass is 298 g/mol. The minimum atomic E-state index is -4.55. The van der Waals surface area contributed by atoms with E-state index in [1.54, 1.807) is 6.07 Å². The van der Waals surface area contributed by atoms with E-state index in [-0.39, 0.29) is 11.1 Å². The van der Waals surface area contributed by atoms with Gasteiger partial charge in [0, 0.05) is 30.1 Å². The summed E-state index contributed by atoms with van der Waals surface area (Å²) in [5.74, 6) is -0.700. The average Bonchev–Trinajstić information content (AvgIpc) is 2.45. The molecule has 6 heteroatoms. The molecule has 1 heterocycles. The van der Waals surface area contributed by atoms with E-state index >= 15 is 0 Å². The number of aromatic nitrogens is 1. The Bertz CT molecular complexity index is 623. The van der Waals surface area contributed by atoms with E-state index in [4.69, 9.17) is 0 Å². The zero-order valence-corrected chi connectivity index (χ0v) is 11.3. The largest absolute Gasteiger partial charge is 0.417 e. The highest BCUT2D eigenvalue weighted by Crippen LogP contribution is 2.37. The highest BCUT2D eigenvalue weighted by Gasteiger charge is 2.34. The molecule has 0 aliphatic rings. The van der Waals surface area contributed by atoms with E-state index in [1.165, 1.54) is 12.1 Å². The Balaban J connectivity index is 2.51. The van der Waals surface area contributed by atoms with Crippen molar-refractivity contribution in [3.8, 4) is 11.1 Å². The highest BCUT2D eigenvalue weighted by molar-refractivity contribution is 5.68. The van der Waals surface area contributed by atoms with E-state index < -0.39 is 17.6 Å². The van der Waals surface area contributed by atoms with Gasteiger partial charge in [-0.25, -0.2) is 4.39 Å². The molecule has 0 unspecified atom stereocenters. The summed E-state index contributed by atoms with van der Waals surface area (Å²) < 4.78 is 52.9. The molecule has 0 radical (unpaired) electrons. The van der Waals surface area contributed by atoms with Crippen molar-refractivity contribution in [1.29, 1.82) is 0 Å². The quantitative estimate of drug-likeness (QED) is 0.863. The third-order valence-corrected chi connectivity index (χ3v) is 3.03. The van der Waals surface area contributed by atoms with Crippen LogP contribution in [0.4, 0.5) is 17.6 Å². The van der Waals surface area contributed by atoms with Crippen molar-refractivity contribution in [3.05, 3.63) is 53.6 Å². The summed E-state index contributed by atoms with van der Waals surface area (Å²) in [5, 5.41) is 3.05. The van der Waals surface area contributed by atoms with Crippen LogP contribution in [0.25, 0.3) is 11.1 Å². The molecular formula is C15H14F4N2. The smallest absolute Gasteiger partial charge is 0.313 e. The third-order valence-electron chi connectivity index (χ3n) is 3.03. The van der Waals surface area contributed by atoms with Crippen LogP contribution in [0.1, 0.15) is 18.1 Å². The van der Waals surface area contributed by atoms with E-state index in [1.807, 2.05) is 6.92 Å². The number of hydrogen-bond acceptors (Lipinski definition) is 2. The first-order chi connectivity index (χ1) is 9.93. The third kappa shape index (κ3) is 3.58. The SMILES string of the molecule is CCNCc1ccc(F)c(-c2cnccc2C(F)(F)F)c1. The van der Waals surface area contributed by atoms with Gasteiger partial charge in [-0.15, -0.1) is 0 Å². The van der Waals surface area contributed by atoms with Gasteiger partial charge >= 0.3 is 6.18 Å². The lowest BCUT2D eigenvalue weighted by molar-refractivity contribution is -0.137. The lowest BCUT2D eigenvalue weighted by Crippen LogP contribution is -2.12. The number of halogens is 4. The van der Waals surface area contributed by atoms with Crippen LogP contribution < -0.4 is 5.32 Å². The number of pyridine rings is 1. The summed E-state index contributed by atoms with van der Waals surface area (Å²) in [7, 11) is 0. The normalized spacial score (nSPS) is 11.7. The van der Waals surface area contributed by atoms with E-state index in [0.29, 0.717) is 18.7 Å². The maximum Gasteiger partial charge on any atom is 0.417 e. The van der Waals surface area contributed by atoms with Gasteiger partial charge < -0.3 is 5.32 Å². The van der Waals surface area contributed by atoms with Crippen LogP contribution in [0.5, 0.6) is 0 Å². The molecule has 1 aromatic heterocycles. The minimum Gasteiger partial charge on any atom is -0.313 e. The van der Waals surface area contributed by atoms with Crippen LogP contribution in [0.3, 0.4) is 0 Å². The number of alkyl halides is 3. The first-order valence-electron chi connectivity index (χ1n) is 6.44. The molecule has 0 aliphatic carbocycles. The van der Waals surface area contributed by atoms with Crippen molar-refractivity contribution < 1.29 is 17.6 Å². The average molecular weight is 298 g/mol. The number of hydrogen-bond donors (Lipinski definition) is 1. The van der Waals surface area contributed by atoms with Gasteiger partial charge in [-0.1, -0.05) is 13.0 Å². The van der Waals surface area contributed by atoms with Gasteiger partial charge in [0.1, 0.15) is 5.82 Å². The molecule has 0 fully saturated rings. The van der Waals surface area contributed by atoms with Crippen LogP contribution in [-0.2, 0) is 12.7 Å². The van der Waals surface area contributed by atoms with Gasteiger partial charge in [0.15, 0.2) is 0 Å². The second-order valence-electron chi connectivity index (χ2n) is 4.51. The fourth-order valence-electron chi connectivity index (χ4n) is 2.01. The fraction of sp³-hybridized carbons (Fsp3) is 0.267. The maximum absolute atomic E-state index is 13.9. The van der Waals surface area contributed by atoms with Crippen LogP contribution in [0.15, 0.2) is 36.7 Å². The molecule has 0 atom stereocenters. The second-order valence-corrected chi connectivity index (χ2v) is 4.51. The van der Waals surface area contributed by atoms with Gasteiger partial charge in [-0.2, -0.15) is 13.2 Å².